The summed E-state index contributed by atoms with van der Waals surface area (Å²) >= 11 is 0. The Labute approximate surface area is 522 Å². The van der Waals surface area contributed by atoms with Gasteiger partial charge in [-0.2, -0.15) is 0 Å². The average Bonchev–Trinajstić information content (AvgIpc) is 1.08. The smallest absolute Gasteiger partial charge is 0.297 e. The van der Waals surface area contributed by atoms with Crippen LogP contribution in [-0.2, 0) is 27.1 Å². The van der Waals surface area contributed by atoms with Gasteiger partial charge in [0.2, 0.25) is 0 Å². The Morgan fingerprint density at radius 3 is 1.52 bits per heavy atom. The van der Waals surface area contributed by atoms with Gasteiger partial charge >= 0.3 is 0 Å². The normalized spacial score (nSPS) is 13.6. The summed E-state index contributed by atoms with van der Waals surface area (Å²) in [4.78, 5) is 7.65. The molecule has 0 bridgehead atoms. The number of benzene rings is 10. The second-order valence-electron chi connectivity index (χ2n) is 30.0. The van der Waals surface area contributed by atoms with Crippen molar-refractivity contribution in [2.45, 2.75) is 131 Å². The molecule has 88 heavy (non-hydrogen) atoms. The van der Waals surface area contributed by atoms with Gasteiger partial charge in [0, 0.05) is 67.2 Å². The number of rotatable bonds is 7. The third kappa shape index (κ3) is 9.53. The molecule has 0 aliphatic carbocycles. The molecule has 2 aliphatic heterocycles. The summed E-state index contributed by atoms with van der Waals surface area (Å²) in [6.07, 6.45) is 0. The first-order valence-electron chi connectivity index (χ1n) is 31.6. The molecule has 2 aliphatic rings. The largest absolute Gasteiger partial charge is 0.468 e. The third-order valence-corrected chi connectivity index (χ3v) is 18.7. The predicted octanol–water partition coefficient (Wildman–Crippen LogP) is 21.2. The van der Waals surface area contributed by atoms with Crippen LogP contribution in [0, 0.1) is 0 Å². The zero-order chi connectivity index (χ0) is 61.6. The van der Waals surface area contributed by atoms with Crippen LogP contribution in [0.3, 0.4) is 0 Å². The maximum atomic E-state index is 7.63. The molecular formula is C82H81BN4O. The number of furan rings is 1. The highest BCUT2D eigenvalue weighted by molar-refractivity contribution is 7.00. The molecule has 0 spiro atoms. The number of hydrogen-bond donors (Lipinski definition) is 0. The highest BCUT2D eigenvalue weighted by atomic mass is 16.3. The van der Waals surface area contributed by atoms with Crippen LogP contribution in [0.4, 0.5) is 51.2 Å². The summed E-state index contributed by atoms with van der Waals surface area (Å²) in [5.41, 5.74) is 25.9. The van der Waals surface area contributed by atoms with Crippen molar-refractivity contribution in [1.82, 2.24) is 4.57 Å². The minimum Gasteiger partial charge on any atom is -0.468 e. The molecule has 6 heteroatoms. The van der Waals surface area contributed by atoms with E-state index in [0.29, 0.717) is 0 Å². The van der Waals surface area contributed by atoms with E-state index in [2.05, 4.69) is 342 Å². The average molecular weight is 1150 g/mol. The minimum absolute atomic E-state index is 0.0235. The monoisotopic (exact) mass is 1150 g/mol. The van der Waals surface area contributed by atoms with Gasteiger partial charge in [0.25, 0.3) is 6.71 Å². The number of para-hydroxylation sites is 2. The molecule has 0 atom stereocenters. The van der Waals surface area contributed by atoms with Crippen LogP contribution in [0.5, 0.6) is 0 Å². The number of nitrogens with zero attached hydrogens (tertiary/aromatic N) is 4. The molecule has 0 N–H and O–H groups in total. The Morgan fingerprint density at radius 1 is 0.352 bits per heavy atom. The van der Waals surface area contributed by atoms with Gasteiger partial charge in [0.05, 0.1) is 28.1 Å². The van der Waals surface area contributed by atoms with Gasteiger partial charge in [-0.15, -0.1) is 0 Å². The SMILES string of the molecule is CC(C)(C)c1ccc(N(c2ccc3c(c2)N(c2ccc(C(C)(C)C)cc2)c2cc(C(C)(C)C)cc4c2B3c2oc3ccc(C(C)(C)C)cc3c2N4c2ccc(C(C)(C)C)cc2-c2ccccc2)c2ccc3c4ccccc4n(-c4ccccc4)c3c2)cc1. The van der Waals surface area contributed by atoms with Crippen LogP contribution < -0.4 is 31.3 Å². The fourth-order valence-electron chi connectivity index (χ4n) is 13.7. The summed E-state index contributed by atoms with van der Waals surface area (Å²) in [6, 6.07) is 82.7. The van der Waals surface area contributed by atoms with Gasteiger partial charge < -0.3 is 23.7 Å². The van der Waals surface area contributed by atoms with Crippen LogP contribution in [0.1, 0.15) is 132 Å². The van der Waals surface area contributed by atoms with E-state index in [1.54, 1.807) is 0 Å². The first-order chi connectivity index (χ1) is 41.8. The van der Waals surface area contributed by atoms with Crippen LogP contribution in [0.15, 0.2) is 223 Å². The standard InChI is InChI=1S/C82H81BN4O/c1-78(2,3)53-30-36-59(37-31-53)84(61-40-42-64-63-28-22-23-29-68(63)85(70(64)50-61)58-26-20-17-21-27-58)62-41-43-67-71(51-62)86(60-38-32-54(33-39-60)79(4,5)6)72-48-57(82(13,14)15)49-73-75(72)83(67)77-76(66-47-56(81(10,11)12)35-45-74(66)88-77)87(73)69-44-34-55(80(7,8)9)46-65(69)52-24-18-16-19-25-52/h16-51H,1-15H3. The van der Waals surface area contributed by atoms with E-state index in [1.807, 2.05) is 0 Å². The Kier molecular flexibility index (Phi) is 13.1. The Hall–Kier alpha value is -9.00. The molecule has 0 amide bonds. The third-order valence-electron chi connectivity index (χ3n) is 18.7. The van der Waals surface area contributed by atoms with Crippen molar-refractivity contribution in [2.24, 2.45) is 0 Å². The maximum Gasteiger partial charge on any atom is 0.297 e. The van der Waals surface area contributed by atoms with Gasteiger partial charge in [0.15, 0.2) is 0 Å². The van der Waals surface area contributed by atoms with E-state index in [9.17, 15) is 0 Å². The van der Waals surface area contributed by atoms with E-state index >= 15 is 0 Å². The van der Waals surface area contributed by atoms with Crippen molar-refractivity contribution in [1.29, 1.82) is 0 Å². The summed E-state index contributed by atoms with van der Waals surface area (Å²) in [5, 5.41) is 3.56. The van der Waals surface area contributed by atoms with Gasteiger partial charge in [0.1, 0.15) is 5.58 Å². The lowest BCUT2D eigenvalue weighted by atomic mass is 9.35. The minimum atomic E-state index is -0.267. The van der Waals surface area contributed by atoms with Crippen molar-refractivity contribution in [3.8, 4) is 16.8 Å². The zero-order valence-electron chi connectivity index (χ0n) is 54.1. The first-order valence-corrected chi connectivity index (χ1v) is 31.6. The van der Waals surface area contributed by atoms with E-state index in [1.165, 1.54) is 66.2 Å². The molecule has 0 saturated carbocycles. The van der Waals surface area contributed by atoms with Crippen LogP contribution in [0.2, 0.25) is 0 Å². The van der Waals surface area contributed by atoms with Crippen molar-refractivity contribution < 1.29 is 4.42 Å². The second kappa shape index (κ2) is 20.3. The van der Waals surface area contributed by atoms with Crippen LogP contribution in [0.25, 0.3) is 49.6 Å². The van der Waals surface area contributed by atoms with Gasteiger partial charge in [-0.1, -0.05) is 219 Å². The fourth-order valence-corrected chi connectivity index (χ4v) is 13.7. The molecule has 0 saturated heterocycles. The molecule has 12 aromatic rings. The number of fused-ring (bicyclic) bond motifs is 9. The molecule has 4 heterocycles. The first kappa shape index (κ1) is 56.8. The number of aromatic nitrogens is 1. The van der Waals surface area contributed by atoms with Crippen molar-refractivity contribution in [3.63, 3.8) is 0 Å². The molecule has 10 aromatic carbocycles. The molecule has 438 valence electrons. The van der Waals surface area contributed by atoms with Gasteiger partial charge in [-0.25, -0.2) is 0 Å². The van der Waals surface area contributed by atoms with Crippen molar-refractivity contribution >= 4 is 107 Å². The molecular weight excluding hydrogens is 1070 g/mol. The lowest BCUT2D eigenvalue weighted by Crippen LogP contribution is -2.61. The quantitative estimate of drug-likeness (QED) is 0.149. The fraction of sp³-hybridized carbons (Fsp3) is 0.244. The predicted molar refractivity (Wildman–Crippen MR) is 378 cm³/mol. The highest BCUT2D eigenvalue weighted by Crippen LogP contribution is 2.52. The Bertz CT molecular complexity index is 4690. The number of hydrogen-bond acceptors (Lipinski definition) is 4. The van der Waals surface area contributed by atoms with Crippen molar-refractivity contribution in [2.75, 3.05) is 14.7 Å². The molecule has 2 aromatic heterocycles. The summed E-state index contributed by atoms with van der Waals surface area (Å²) in [5.74, 6) is 0. The van der Waals surface area contributed by atoms with Crippen molar-refractivity contribution in [3.05, 3.63) is 246 Å². The van der Waals surface area contributed by atoms with E-state index in [0.717, 1.165) is 79.0 Å². The van der Waals surface area contributed by atoms with Gasteiger partial charge in [-0.3, -0.25) is 0 Å². The lowest BCUT2D eigenvalue weighted by Gasteiger charge is -2.44. The summed E-state index contributed by atoms with van der Waals surface area (Å²) < 4.78 is 10.1. The van der Waals surface area contributed by atoms with Crippen LogP contribution in [-0.4, -0.2) is 11.3 Å². The molecule has 5 nitrogen and oxygen atoms in total. The topological polar surface area (TPSA) is 27.8 Å². The maximum absolute atomic E-state index is 7.63. The zero-order valence-corrected chi connectivity index (χ0v) is 54.1. The van der Waals surface area contributed by atoms with Crippen LogP contribution >= 0.6 is 0 Å². The molecule has 0 unspecified atom stereocenters. The Morgan fingerprint density at radius 2 is 0.875 bits per heavy atom. The van der Waals surface area contributed by atoms with E-state index < -0.39 is 0 Å². The molecule has 0 radical (unpaired) electrons. The number of anilines is 9. The lowest BCUT2D eigenvalue weighted by molar-refractivity contribution is 0.589. The van der Waals surface area contributed by atoms with E-state index in [-0.39, 0.29) is 33.8 Å². The second-order valence-corrected chi connectivity index (χ2v) is 30.0. The molecule has 0 fully saturated rings. The molecule has 14 rings (SSSR count). The highest BCUT2D eigenvalue weighted by Gasteiger charge is 2.48. The Balaban J connectivity index is 1.08. The van der Waals surface area contributed by atoms with E-state index in [4.69, 9.17) is 4.42 Å². The summed E-state index contributed by atoms with van der Waals surface area (Å²) in [6.45, 7) is 34.5. The summed E-state index contributed by atoms with van der Waals surface area (Å²) in [7, 11) is 0. The van der Waals surface area contributed by atoms with Gasteiger partial charge in [-0.05, 0) is 175 Å².